The predicted octanol–water partition coefficient (Wildman–Crippen LogP) is 2.54. The van der Waals surface area contributed by atoms with E-state index in [1.54, 1.807) is 4.90 Å². The Bertz CT molecular complexity index is 940. The van der Waals surface area contributed by atoms with E-state index < -0.39 is 29.1 Å². The highest BCUT2D eigenvalue weighted by Crippen LogP contribution is 2.63. The summed E-state index contributed by atoms with van der Waals surface area (Å²) >= 11 is 0. The van der Waals surface area contributed by atoms with Gasteiger partial charge in [-0.05, 0) is 51.0 Å². The maximum Gasteiger partial charge on any atom is 0.245 e. The zero-order chi connectivity index (χ0) is 25.8. The number of nitrogens with one attached hydrogen (secondary N) is 2. The Kier molecular flexibility index (Phi) is 8.35. The van der Waals surface area contributed by atoms with Gasteiger partial charge in [-0.1, -0.05) is 50.1 Å². The van der Waals surface area contributed by atoms with Crippen molar-refractivity contribution < 1.29 is 24.2 Å². The van der Waals surface area contributed by atoms with Crippen LogP contribution in [0.3, 0.4) is 0 Å². The van der Waals surface area contributed by atoms with Crippen LogP contribution in [0.4, 0.5) is 0 Å². The molecule has 3 fully saturated rings. The molecule has 3 N–H and O–H groups in total. The van der Waals surface area contributed by atoms with Crippen molar-refractivity contribution in [3.05, 3.63) is 35.9 Å². The number of aliphatic hydroxyl groups excluding tert-OH is 1. The van der Waals surface area contributed by atoms with Gasteiger partial charge >= 0.3 is 0 Å². The molecular weight excluding hydrogens is 458 g/mol. The van der Waals surface area contributed by atoms with E-state index >= 15 is 0 Å². The molecule has 8 heteroatoms. The molecule has 3 aliphatic rings. The van der Waals surface area contributed by atoms with E-state index in [1.807, 2.05) is 37.3 Å². The van der Waals surface area contributed by atoms with Gasteiger partial charge in [0.2, 0.25) is 17.7 Å². The number of benzene rings is 1. The highest BCUT2D eigenvalue weighted by molar-refractivity contribution is 5.99. The molecule has 4 rings (SSSR count). The summed E-state index contributed by atoms with van der Waals surface area (Å²) in [5.41, 5.74) is -0.764. The Morgan fingerprint density at radius 3 is 2.56 bits per heavy atom. The molecule has 8 nitrogen and oxygen atoms in total. The van der Waals surface area contributed by atoms with Crippen LogP contribution in [0.25, 0.3) is 0 Å². The number of fused-ring (bicyclic) bond motifs is 1. The maximum atomic E-state index is 13.9. The van der Waals surface area contributed by atoms with Crippen LogP contribution in [0.1, 0.15) is 70.8 Å². The molecule has 1 spiro atoms. The Balaban J connectivity index is 1.56. The molecule has 1 aromatic rings. The monoisotopic (exact) mass is 499 g/mol. The Morgan fingerprint density at radius 2 is 1.83 bits per heavy atom. The molecule has 5 atom stereocenters. The number of rotatable bonds is 13. The minimum absolute atomic E-state index is 0.104. The Labute approximate surface area is 214 Å². The second kappa shape index (κ2) is 11.3. The number of ether oxygens (including phenoxy) is 1. The average Bonchev–Trinajstić information content (AvgIpc) is 3.44. The van der Waals surface area contributed by atoms with Crippen molar-refractivity contribution in [3.63, 3.8) is 0 Å². The summed E-state index contributed by atoms with van der Waals surface area (Å²) in [5.74, 6) is -1.84. The Morgan fingerprint density at radius 1 is 1.06 bits per heavy atom. The minimum Gasteiger partial charge on any atom is -0.396 e. The van der Waals surface area contributed by atoms with E-state index in [1.165, 1.54) is 0 Å². The molecular formula is C28H41N3O5. The summed E-state index contributed by atoms with van der Waals surface area (Å²) in [6, 6.07) is 8.96. The van der Waals surface area contributed by atoms with Gasteiger partial charge in [-0.3, -0.25) is 14.4 Å². The van der Waals surface area contributed by atoms with Crippen molar-refractivity contribution >= 4 is 17.7 Å². The first kappa shape index (κ1) is 26.6. The number of hydrogen-bond acceptors (Lipinski definition) is 5. The fourth-order valence-electron chi connectivity index (χ4n) is 6.52. The molecule has 3 heterocycles. The first-order valence-electron chi connectivity index (χ1n) is 13.6. The summed E-state index contributed by atoms with van der Waals surface area (Å²) < 4.78 is 6.62. The first-order valence-corrected chi connectivity index (χ1v) is 13.6. The number of aliphatic hydroxyl groups is 1. The highest BCUT2D eigenvalue weighted by atomic mass is 16.5. The molecule has 2 unspecified atom stereocenters. The van der Waals surface area contributed by atoms with Crippen molar-refractivity contribution in [3.8, 4) is 0 Å². The smallest absolute Gasteiger partial charge is 0.245 e. The van der Waals surface area contributed by atoms with Gasteiger partial charge in [0.1, 0.15) is 11.6 Å². The summed E-state index contributed by atoms with van der Waals surface area (Å²) in [6.07, 6.45) is 6.31. The van der Waals surface area contributed by atoms with Gasteiger partial charge in [0.15, 0.2) is 0 Å². The fourth-order valence-corrected chi connectivity index (χ4v) is 6.52. The zero-order valence-electron chi connectivity index (χ0n) is 21.6. The van der Waals surface area contributed by atoms with Crippen molar-refractivity contribution in [2.75, 3.05) is 19.7 Å². The molecule has 0 saturated carbocycles. The summed E-state index contributed by atoms with van der Waals surface area (Å²) in [4.78, 5) is 42.6. The fraction of sp³-hybridized carbons (Fsp3) is 0.679. The molecule has 0 aliphatic carbocycles. The van der Waals surface area contributed by atoms with Crippen LogP contribution in [0.2, 0.25) is 0 Å². The summed E-state index contributed by atoms with van der Waals surface area (Å²) in [5, 5.41) is 15.2. The molecule has 0 radical (unpaired) electrons. The lowest BCUT2D eigenvalue weighted by atomic mass is 9.66. The standard InChI is InChI=1S/C28H41N3O5/c1-3-4-9-16-29-25(34)23-28-15-14-27(2,36-28)21(24(33)30-19-20-12-7-5-8-13-20)22(28)26(35)31(23)17-10-6-11-18-32/h5,7-8,12-13,21-23,32H,3-4,6,9-11,14-19H2,1-2H3,(H,29,34)(H,30,33)/t21-,22+,23?,27+,28?/m1/s1. The predicted molar refractivity (Wildman–Crippen MR) is 136 cm³/mol. The van der Waals surface area contributed by atoms with Crippen molar-refractivity contribution in [1.29, 1.82) is 0 Å². The number of hydrogen-bond donors (Lipinski definition) is 3. The molecule has 3 amide bonds. The molecule has 3 saturated heterocycles. The van der Waals surface area contributed by atoms with Crippen molar-refractivity contribution in [2.24, 2.45) is 11.8 Å². The number of unbranched alkanes of at least 4 members (excludes halogenated alkanes) is 4. The SMILES string of the molecule is CCCCCNC(=O)C1N(CCCCCO)C(=O)[C@@H]2[C@H](C(=O)NCc3ccccc3)[C@]3(C)CCC12O3. The third kappa shape index (κ3) is 4.90. The highest BCUT2D eigenvalue weighted by Gasteiger charge is 2.77. The minimum atomic E-state index is -0.980. The molecule has 36 heavy (non-hydrogen) atoms. The van der Waals surface area contributed by atoms with E-state index in [9.17, 15) is 14.4 Å². The van der Waals surface area contributed by atoms with Crippen LogP contribution in [-0.4, -0.2) is 64.7 Å². The summed E-state index contributed by atoms with van der Waals surface area (Å²) in [7, 11) is 0. The number of carbonyl (C=O) groups is 3. The van der Waals surface area contributed by atoms with E-state index in [-0.39, 0.29) is 24.3 Å². The van der Waals surface area contributed by atoms with Crippen molar-refractivity contribution in [1.82, 2.24) is 15.5 Å². The molecule has 1 aromatic carbocycles. The molecule has 3 aliphatic heterocycles. The molecule has 2 bridgehead atoms. The van der Waals surface area contributed by atoms with Gasteiger partial charge in [0, 0.05) is 26.2 Å². The number of carbonyl (C=O) groups excluding carboxylic acids is 3. The third-order valence-corrected chi connectivity index (χ3v) is 8.25. The number of likely N-dealkylation sites (tertiary alicyclic amines) is 1. The normalized spacial score (nSPS) is 30.5. The van der Waals surface area contributed by atoms with Gasteiger partial charge in [0.25, 0.3) is 0 Å². The largest absolute Gasteiger partial charge is 0.396 e. The second-order valence-corrected chi connectivity index (χ2v) is 10.7. The van der Waals surface area contributed by atoms with Crippen molar-refractivity contribution in [2.45, 2.75) is 89.0 Å². The van der Waals surface area contributed by atoms with Crippen LogP contribution < -0.4 is 10.6 Å². The quantitative estimate of drug-likeness (QED) is 0.362. The topological polar surface area (TPSA) is 108 Å². The first-order chi connectivity index (χ1) is 17.4. The van der Waals surface area contributed by atoms with Crippen LogP contribution >= 0.6 is 0 Å². The van der Waals surface area contributed by atoms with Crippen LogP contribution in [0, 0.1) is 11.8 Å². The van der Waals surface area contributed by atoms with Crippen LogP contribution in [0.15, 0.2) is 30.3 Å². The number of amides is 3. The summed E-state index contributed by atoms with van der Waals surface area (Å²) in [6.45, 7) is 5.50. The van der Waals surface area contributed by atoms with Gasteiger partial charge in [-0.15, -0.1) is 0 Å². The third-order valence-electron chi connectivity index (χ3n) is 8.25. The van der Waals surface area contributed by atoms with E-state index in [4.69, 9.17) is 9.84 Å². The van der Waals surface area contributed by atoms with Gasteiger partial charge in [0.05, 0.1) is 17.4 Å². The lowest BCUT2D eigenvalue weighted by Crippen LogP contribution is -2.55. The molecule has 198 valence electrons. The zero-order valence-corrected chi connectivity index (χ0v) is 21.6. The van der Waals surface area contributed by atoms with E-state index in [2.05, 4.69) is 17.6 Å². The van der Waals surface area contributed by atoms with Gasteiger partial charge in [-0.2, -0.15) is 0 Å². The lowest BCUT2D eigenvalue weighted by molar-refractivity contribution is -0.146. The van der Waals surface area contributed by atoms with E-state index in [0.29, 0.717) is 45.3 Å². The lowest BCUT2D eigenvalue weighted by Gasteiger charge is -2.33. The van der Waals surface area contributed by atoms with Gasteiger partial charge in [-0.25, -0.2) is 0 Å². The Hall–Kier alpha value is -2.45. The second-order valence-electron chi connectivity index (χ2n) is 10.7. The number of nitrogens with zero attached hydrogens (tertiary/aromatic N) is 1. The van der Waals surface area contributed by atoms with Crippen LogP contribution in [-0.2, 0) is 25.7 Å². The maximum absolute atomic E-state index is 13.9. The average molecular weight is 500 g/mol. The van der Waals surface area contributed by atoms with Gasteiger partial charge < -0.3 is 25.4 Å². The van der Waals surface area contributed by atoms with Crippen LogP contribution in [0.5, 0.6) is 0 Å². The van der Waals surface area contributed by atoms with E-state index in [0.717, 1.165) is 31.2 Å². The molecule has 0 aromatic heterocycles.